The molecule has 0 aliphatic rings. The molecule has 25 heavy (non-hydrogen) atoms. The second kappa shape index (κ2) is 8.32. The van der Waals surface area contributed by atoms with Gasteiger partial charge in [0.25, 0.3) is 0 Å². The zero-order valence-electron chi connectivity index (χ0n) is 14.3. The maximum atomic E-state index is 12.8. The summed E-state index contributed by atoms with van der Waals surface area (Å²) in [7, 11) is 0. The Labute approximate surface area is 144 Å². The Hall–Kier alpha value is -2.83. The molecule has 0 bridgehead atoms. The fraction of sp³-hybridized carbons (Fsp3) is 0.333. The van der Waals surface area contributed by atoms with Gasteiger partial charge < -0.3 is 19.2 Å². The molecule has 0 spiro atoms. The monoisotopic (exact) mass is 349 g/mol. The average Bonchev–Trinajstić information content (AvgIpc) is 2.88. The van der Waals surface area contributed by atoms with Gasteiger partial charge in [-0.1, -0.05) is 0 Å². The number of hydrogen-bond donors (Lipinski definition) is 1. The molecule has 1 N–H and O–H groups in total. The number of halogens is 1. The molecule has 0 amide bonds. The van der Waals surface area contributed by atoms with E-state index in [-0.39, 0.29) is 31.3 Å². The van der Waals surface area contributed by atoms with Crippen LogP contribution in [0.3, 0.4) is 0 Å². The lowest BCUT2D eigenvalue weighted by atomic mass is 10.1. The summed E-state index contributed by atoms with van der Waals surface area (Å²) < 4.78 is 28.3. The standard InChI is InChI=1S/C18H20FNO5/c1-4-23-17(21)15-11(2)16(20-12(15)3)18(22)25-10-9-24-14-7-5-13(19)6-8-14/h5-8,20H,4,9-10H2,1-3H3. The number of H-pyrrole nitrogens is 1. The molecular weight excluding hydrogens is 329 g/mol. The van der Waals surface area contributed by atoms with Crippen molar-refractivity contribution in [1.82, 2.24) is 4.98 Å². The van der Waals surface area contributed by atoms with E-state index >= 15 is 0 Å². The van der Waals surface area contributed by atoms with Gasteiger partial charge in [-0.25, -0.2) is 14.0 Å². The summed E-state index contributed by atoms with van der Waals surface area (Å²) in [5.74, 6) is -0.936. The molecular formula is C18H20FNO5. The Bertz CT molecular complexity index is 752. The van der Waals surface area contributed by atoms with E-state index in [2.05, 4.69) is 4.98 Å². The van der Waals surface area contributed by atoms with Crippen molar-refractivity contribution in [2.24, 2.45) is 0 Å². The average molecular weight is 349 g/mol. The highest BCUT2D eigenvalue weighted by molar-refractivity contribution is 5.98. The van der Waals surface area contributed by atoms with Crippen LogP contribution in [0.2, 0.25) is 0 Å². The molecule has 0 aliphatic carbocycles. The van der Waals surface area contributed by atoms with E-state index < -0.39 is 11.9 Å². The van der Waals surface area contributed by atoms with Crippen molar-refractivity contribution in [2.75, 3.05) is 19.8 Å². The minimum atomic E-state index is -0.584. The smallest absolute Gasteiger partial charge is 0.355 e. The van der Waals surface area contributed by atoms with Gasteiger partial charge >= 0.3 is 11.9 Å². The van der Waals surface area contributed by atoms with Crippen LogP contribution in [0.25, 0.3) is 0 Å². The Kier molecular flexibility index (Phi) is 6.16. The third-order valence-corrected chi connectivity index (χ3v) is 3.52. The lowest BCUT2D eigenvalue weighted by Crippen LogP contribution is -2.14. The first-order valence-corrected chi connectivity index (χ1v) is 7.85. The number of carbonyl (C=O) groups is 2. The highest BCUT2D eigenvalue weighted by atomic mass is 19.1. The molecule has 134 valence electrons. The number of aryl methyl sites for hydroxylation is 1. The maximum Gasteiger partial charge on any atom is 0.355 e. The predicted molar refractivity (Wildman–Crippen MR) is 88.4 cm³/mol. The molecule has 0 saturated heterocycles. The van der Waals surface area contributed by atoms with Crippen molar-refractivity contribution >= 4 is 11.9 Å². The van der Waals surface area contributed by atoms with E-state index in [1.807, 2.05) is 0 Å². The van der Waals surface area contributed by atoms with Crippen molar-refractivity contribution in [2.45, 2.75) is 20.8 Å². The van der Waals surface area contributed by atoms with E-state index in [1.54, 1.807) is 20.8 Å². The molecule has 0 unspecified atom stereocenters. The van der Waals surface area contributed by atoms with Crippen LogP contribution in [0.4, 0.5) is 4.39 Å². The van der Waals surface area contributed by atoms with Crippen LogP contribution in [0.1, 0.15) is 39.0 Å². The molecule has 0 atom stereocenters. The van der Waals surface area contributed by atoms with Crippen molar-refractivity contribution in [3.05, 3.63) is 52.6 Å². The van der Waals surface area contributed by atoms with Gasteiger partial charge in [0.2, 0.25) is 0 Å². The molecule has 0 fully saturated rings. The van der Waals surface area contributed by atoms with Gasteiger partial charge in [0, 0.05) is 5.69 Å². The van der Waals surface area contributed by atoms with Crippen LogP contribution >= 0.6 is 0 Å². The molecule has 2 rings (SSSR count). The quantitative estimate of drug-likeness (QED) is 0.614. The van der Waals surface area contributed by atoms with E-state index in [0.717, 1.165) is 0 Å². The molecule has 0 aliphatic heterocycles. The van der Waals surface area contributed by atoms with Gasteiger partial charge in [-0.3, -0.25) is 0 Å². The lowest BCUT2D eigenvalue weighted by molar-refractivity contribution is 0.0443. The highest BCUT2D eigenvalue weighted by Crippen LogP contribution is 2.20. The normalized spacial score (nSPS) is 10.4. The molecule has 6 nitrogen and oxygen atoms in total. The SMILES string of the molecule is CCOC(=O)c1c(C)[nH]c(C(=O)OCCOc2ccc(F)cc2)c1C. The first kappa shape index (κ1) is 18.5. The van der Waals surface area contributed by atoms with Gasteiger partial charge in [-0.05, 0) is 50.6 Å². The molecule has 7 heteroatoms. The van der Waals surface area contributed by atoms with Crippen LogP contribution in [0, 0.1) is 19.7 Å². The zero-order chi connectivity index (χ0) is 18.4. The van der Waals surface area contributed by atoms with Gasteiger partial charge in [-0.15, -0.1) is 0 Å². The number of hydrogen-bond acceptors (Lipinski definition) is 5. The molecule has 1 aromatic heterocycles. The number of benzene rings is 1. The summed E-state index contributed by atoms with van der Waals surface area (Å²) in [4.78, 5) is 26.9. The summed E-state index contributed by atoms with van der Waals surface area (Å²) in [6.07, 6.45) is 0. The largest absolute Gasteiger partial charge is 0.490 e. The van der Waals surface area contributed by atoms with Crippen LogP contribution in [0.5, 0.6) is 5.75 Å². The number of carbonyl (C=O) groups excluding carboxylic acids is 2. The highest BCUT2D eigenvalue weighted by Gasteiger charge is 2.23. The van der Waals surface area contributed by atoms with Crippen LogP contribution in [-0.2, 0) is 9.47 Å². The molecule has 0 saturated carbocycles. The fourth-order valence-corrected chi connectivity index (χ4v) is 2.36. The molecule has 2 aromatic rings. The summed E-state index contributed by atoms with van der Waals surface area (Å²) in [5.41, 5.74) is 1.59. The van der Waals surface area contributed by atoms with E-state index in [1.165, 1.54) is 24.3 Å². The van der Waals surface area contributed by atoms with Crippen LogP contribution in [0.15, 0.2) is 24.3 Å². The van der Waals surface area contributed by atoms with E-state index in [9.17, 15) is 14.0 Å². The topological polar surface area (TPSA) is 77.6 Å². The second-order valence-electron chi connectivity index (χ2n) is 5.28. The minimum Gasteiger partial charge on any atom is -0.490 e. The zero-order valence-corrected chi connectivity index (χ0v) is 14.3. The summed E-state index contributed by atoms with van der Waals surface area (Å²) in [5, 5.41) is 0. The fourth-order valence-electron chi connectivity index (χ4n) is 2.36. The summed E-state index contributed by atoms with van der Waals surface area (Å²) in [6, 6.07) is 5.54. The number of aromatic amines is 1. The minimum absolute atomic E-state index is 0.0163. The maximum absolute atomic E-state index is 12.8. The van der Waals surface area contributed by atoms with Crippen molar-refractivity contribution < 1.29 is 28.2 Å². The Balaban J connectivity index is 1.91. The van der Waals surface area contributed by atoms with Gasteiger partial charge in [0.15, 0.2) is 0 Å². The summed E-state index contributed by atoms with van der Waals surface area (Å²) in [6.45, 7) is 5.45. The van der Waals surface area contributed by atoms with Crippen LogP contribution < -0.4 is 4.74 Å². The van der Waals surface area contributed by atoms with E-state index in [0.29, 0.717) is 22.6 Å². The first-order valence-electron chi connectivity index (χ1n) is 7.85. The second-order valence-corrected chi connectivity index (χ2v) is 5.28. The van der Waals surface area contributed by atoms with Gasteiger partial charge in [0.05, 0.1) is 12.2 Å². The molecule has 1 aromatic carbocycles. The van der Waals surface area contributed by atoms with Crippen molar-refractivity contribution in [1.29, 1.82) is 0 Å². The number of nitrogens with one attached hydrogen (secondary N) is 1. The third-order valence-electron chi connectivity index (χ3n) is 3.52. The predicted octanol–water partition coefficient (Wildman–Crippen LogP) is 3.18. The first-order chi connectivity index (χ1) is 11.9. The summed E-state index contributed by atoms with van der Waals surface area (Å²) >= 11 is 0. The van der Waals surface area contributed by atoms with Gasteiger partial charge in [-0.2, -0.15) is 0 Å². The molecule has 1 heterocycles. The number of ether oxygens (including phenoxy) is 3. The molecule has 0 radical (unpaired) electrons. The Morgan fingerprint density at radius 2 is 1.72 bits per heavy atom. The number of aromatic nitrogens is 1. The Morgan fingerprint density at radius 3 is 2.36 bits per heavy atom. The van der Waals surface area contributed by atoms with E-state index in [4.69, 9.17) is 14.2 Å². The third kappa shape index (κ3) is 4.59. The van der Waals surface area contributed by atoms with Crippen molar-refractivity contribution in [3.63, 3.8) is 0 Å². The van der Waals surface area contributed by atoms with Crippen LogP contribution in [-0.4, -0.2) is 36.7 Å². The number of esters is 2. The lowest BCUT2D eigenvalue weighted by Gasteiger charge is -2.07. The number of rotatable bonds is 7. The van der Waals surface area contributed by atoms with Crippen molar-refractivity contribution in [3.8, 4) is 5.75 Å². The Morgan fingerprint density at radius 1 is 1.04 bits per heavy atom. The van der Waals surface area contributed by atoms with Gasteiger partial charge in [0.1, 0.15) is 30.5 Å².